The van der Waals surface area contributed by atoms with E-state index in [0.29, 0.717) is 39.7 Å². The lowest BCUT2D eigenvalue weighted by Gasteiger charge is -2.13. The van der Waals surface area contributed by atoms with Gasteiger partial charge in [0.2, 0.25) is 0 Å². The molecule has 3 aromatic rings. The normalized spacial score (nSPS) is 17.4. The number of ether oxygens (including phenoxy) is 2. The fraction of sp³-hybridized carbons (Fsp3) is 0.208. The second kappa shape index (κ2) is 9.49. The first kappa shape index (κ1) is 21.3. The van der Waals surface area contributed by atoms with Crippen molar-refractivity contribution in [2.45, 2.75) is 26.4 Å². The summed E-state index contributed by atoms with van der Waals surface area (Å²) in [6.07, 6.45) is 3.47. The number of aromatic nitrogens is 1. The van der Waals surface area contributed by atoms with Crippen LogP contribution in [0.2, 0.25) is 0 Å². The van der Waals surface area contributed by atoms with Gasteiger partial charge >= 0.3 is 0 Å². The average molecular weight is 451 g/mol. The Morgan fingerprint density at radius 1 is 1.16 bits per heavy atom. The van der Waals surface area contributed by atoms with Crippen LogP contribution in [0, 0.1) is 12.3 Å². The fourth-order valence-electron chi connectivity index (χ4n) is 3.31. The Morgan fingerprint density at radius 2 is 2.03 bits per heavy atom. The summed E-state index contributed by atoms with van der Waals surface area (Å²) in [4.78, 5) is 17.6. The van der Waals surface area contributed by atoms with Gasteiger partial charge in [-0.15, -0.1) is 11.3 Å². The van der Waals surface area contributed by atoms with E-state index in [-0.39, 0.29) is 5.78 Å². The third-order valence-electron chi connectivity index (χ3n) is 4.73. The number of carbonyl (C=O) groups excluding carboxylic acids is 1. The van der Waals surface area contributed by atoms with Gasteiger partial charge in [0.1, 0.15) is 17.5 Å². The van der Waals surface area contributed by atoms with E-state index in [9.17, 15) is 4.79 Å². The number of ketones is 1. The number of thioether (sulfide) groups is 1. The molecule has 0 bridgehead atoms. The van der Waals surface area contributed by atoms with Gasteiger partial charge in [-0.05, 0) is 43.2 Å². The van der Waals surface area contributed by atoms with E-state index in [1.54, 1.807) is 6.20 Å². The van der Waals surface area contributed by atoms with E-state index in [1.807, 2.05) is 48.7 Å². The number of nitrogens with zero attached hydrogens (tertiary/aromatic N) is 1. The minimum atomic E-state index is -0.584. The van der Waals surface area contributed by atoms with Crippen LogP contribution in [-0.4, -0.2) is 22.4 Å². The molecule has 0 aliphatic carbocycles. The number of carbonyl (C=O) groups is 1. The number of hydrogen-bond acceptors (Lipinski definition) is 7. The number of benzene rings is 2. The first-order valence-electron chi connectivity index (χ1n) is 9.92. The van der Waals surface area contributed by atoms with Crippen molar-refractivity contribution in [2.75, 3.05) is 6.61 Å². The van der Waals surface area contributed by atoms with Crippen LogP contribution >= 0.6 is 23.1 Å². The summed E-state index contributed by atoms with van der Waals surface area (Å²) in [6.45, 7) is 4.93. The van der Waals surface area contributed by atoms with Gasteiger partial charge in [0.25, 0.3) is 0 Å². The molecule has 1 aliphatic heterocycles. The van der Waals surface area contributed by atoms with Crippen molar-refractivity contribution in [3.8, 4) is 11.5 Å². The lowest BCUT2D eigenvalue weighted by Crippen LogP contribution is -2.11. The smallest absolute Gasteiger partial charge is 0.186 e. The van der Waals surface area contributed by atoms with Crippen molar-refractivity contribution >= 4 is 40.0 Å². The number of aryl methyl sites for hydroxylation is 1. The summed E-state index contributed by atoms with van der Waals surface area (Å²) < 4.78 is 11.8. The van der Waals surface area contributed by atoms with Crippen LogP contribution in [0.1, 0.15) is 34.5 Å². The third kappa shape index (κ3) is 4.89. The summed E-state index contributed by atoms with van der Waals surface area (Å²) >= 11 is 2.60. The van der Waals surface area contributed by atoms with Crippen LogP contribution < -0.4 is 9.47 Å². The van der Waals surface area contributed by atoms with E-state index in [4.69, 9.17) is 14.9 Å². The monoisotopic (exact) mass is 450 g/mol. The molecule has 1 atom stereocenters. The number of nitrogens with one attached hydrogen (secondary N) is 1. The standard InChI is InChI=1S/C24H22N2O3S2/c1-3-28-19-12-16(7-8-18(19)29-14-17-6-4-5-15(2)11-17)13-20-22(27)21(23(25)31-20)24-26-9-10-30-24/h4-13,21,25H,3,14H2,1-2H3/b20-13-,25-23?/t21-/m0/s1. The van der Waals surface area contributed by atoms with Gasteiger partial charge in [-0.25, -0.2) is 4.98 Å². The Labute approximate surface area is 189 Å². The highest BCUT2D eigenvalue weighted by molar-refractivity contribution is 8.19. The highest BCUT2D eigenvalue weighted by atomic mass is 32.2. The zero-order valence-electron chi connectivity index (χ0n) is 17.3. The molecule has 1 N–H and O–H groups in total. The second-order valence-electron chi connectivity index (χ2n) is 7.06. The summed E-state index contributed by atoms with van der Waals surface area (Å²) in [5.74, 6) is 0.623. The van der Waals surface area contributed by atoms with Crippen LogP contribution in [0.15, 0.2) is 58.9 Å². The molecule has 31 heavy (non-hydrogen) atoms. The van der Waals surface area contributed by atoms with Gasteiger partial charge in [0, 0.05) is 11.6 Å². The first-order chi connectivity index (χ1) is 15.0. The van der Waals surface area contributed by atoms with Crippen LogP contribution in [-0.2, 0) is 11.4 Å². The SMILES string of the molecule is CCOc1cc(/C=C2\SC(=N)[C@@H](c3nccs3)C2=O)ccc1OCc1cccc(C)c1. The number of allylic oxidation sites excluding steroid dienone is 1. The molecule has 0 radical (unpaired) electrons. The molecule has 1 saturated heterocycles. The number of hydrogen-bond donors (Lipinski definition) is 1. The van der Waals surface area contributed by atoms with Crippen molar-refractivity contribution in [3.05, 3.63) is 80.6 Å². The van der Waals surface area contributed by atoms with Crippen LogP contribution in [0.5, 0.6) is 11.5 Å². The first-order valence-corrected chi connectivity index (χ1v) is 11.6. The van der Waals surface area contributed by atoms with Gasteiger partial charge in [-0.1, -0.05) is 47.7 Å². The van der Waals surface area contributed by atoms with E-state index >= 15 is 0 Å². The van der Waals surface area contributed by atoms with Crippen LogP contribution in [0.4, 0.5) is 0 Å². The lowest BCUT2D eigenvalue weighted by molar-refractivity contribution is -0.114. The maximum absolute atomic E-state index is 12.9. The highest BCUT2D eigenvalue weighted by Crippen LogP contribution is 2.41. The van der Waals surface area contributed by atoms with E-state index in [0.717, 1.165) is 11.1 Å². The predicted octanol–water partition coefficient (Wildman–Crippen LogP) is 5.85. The van der Waals surface area contributed by atoms with E-state index in [1.165, 1.54) is 28.7 Å². The fourth-order valence-corrected chi connectivity index (χ4v) is 5.11. The largest absolute Gasteiger partial charge is 0.490 e. The van der Waals surface area contributed by atoms with Gasteiger partial charge in [0.05, 0.1) is 16.6 Å². The quantitative estimate of drug-likeness (QED) is 0.457. The molecule has 2 heterocycles. The molecule has 1 aliphatic rings. The Balaban J connectivity index is 1.54. The van der Waals surface area contributed by atoms with E-state index < -0.39 is 5.92 Å². The van der Waals surface area contributed by atoms with Crippen LogP contribution in [0.3, 0.4) is 0 Å². The Hall–Kier alpha value is -2.90. The minimum absolute atomic E-state index is 0.0808. The Bertz CT molecular complexity index is 1140. The molecule has 7 heteroatoms. The third-order valence-corrected chi connectivity index (χ3v) is 6.56. The number of rotatable bonds is 7. The van der Waals surface area contributed by atoms with Crippen molar-refractivity contribution in [2.24, 2.45) is 0 Å². The molecule has 1 aromatic heterocycles. The topological polar surface area (TPSA) is 72.3 Å². The zero-order valence-corrected chi connectivity index (χ0v) is 18.9. The molecule has 4 rings (SSSR count). The molecule has 2 aromatic carbocycles. The van der Waals surface area contributed by atoms with Gasteiger partial charge < -0.3 is 9.47 Å². The predicted molar refractivity (Wildman–Crippen MR) is 126 cm³/mol. The second-order valence-corrected chi connectivity index (χ2v) is 9.07. The Morgan fingerprint density at radius 3 is 2.77 bits per heavy atom. The molecule has 0 spiro atoms. The minimum Gasteiger partial charge on any atom is -0.490 e. The Kier molecular flexibility index (Phi) is 6.53. The van der Waals surface area contributed by atoms with Crippen molar-refractivity contribution in [1.82, 2.24) is 4.98 Å². The van der Waals surface area contributed by atoms with E-state index in [2.05, 4.69) is 24.0 Å². The molecule has 0 saturated carbocycles. The van der Waals surface area contributed by atoms with Crippen molar-refractivity contribution < 1.29 is 14.3 Å². The molecule has 158 valence electrons. The summed E-state index contributed by atoms with van der Waals surface area (Å²) in [7, 11) is 0. The van der Waals surface area contributed by atoms with Gasteiger partial charge in [-0.3, -0.25) is 10.2 Å². The molecule has 5 nitrogen and oxygen atoms in total. The molecule has 1 fully saturated rings. The highest BCUT2D eigenvalue weighted by Gasteiger charge is 2.38. The molecule has 0 unspecified atom stereocenters. The molecule has 0 amide bonds. The zero-order chi connectivity index (χ0) is 21.8. The number of thiazole rings is 1. The maximum atomic E-state index is 12.9. The average Bonchev–Trinajstić information content (AvgIpc) is 3.36. The van der Waals surface area contributed by atoms with Gasteiger partial charge in [0.15, 0.2) is 17.3 Å². The number of Topliss-reactive ketones (excluding diaryl/α,β-unsaturated/α-hetero) is 1. The van der Waals surface area contributed by atoms with Gasteiger partial charge in [-0.2, -0.15) is 0 Å². The van der Waals surface area contributed by atoms with Crippen molar-refractivity contribution in [3.63, 3.8) is 0 Å². The summed E-state index contributed by atoms with van der Waals surface area (Å²) in [6, 6.07) is 13.8. The summed E-state index contributed by atoms with van der Waals surface area (Å²) in [5.41, 5.74) is 3.11. The molecular weight excluding hydrogens is 428 g/mol. The lowest BCUT2D eigenvalue weighted by atomic mass is 10.0. The molecular formula is C24H22N2O3S2. The maximum Gasteiger partial charge on any atom is 0.186 e. The summed E-state index contributed by atoms with van der Waals surface area (Å²) in [5, 5.41) is 11.0. The van der Waals surface area contributed by atoms with Crippen molar-refractivity contribution in [1.29, 1.82) is 5.41 Å². The van der Waals surface area contributed by atoms with Crippen LogP contribution in [0.25, 0.3) is 6.08 Å².